The molecular weight excluding hydrogens is 228 g/mol. The number of nitrogens with zero attached hydrogens (tertiary/aromatic N) is 2. The van der Waals surface area contributed by atoms with Gasteiger partial charge in [0.25, 0.3) is 0 Å². The fourth-order valence-electron chi connectivity index (χ4n) is 2.41. The molecule has 1 saturated heterocycles. The number of hydrogen-bond donors (Lipinski definition) is 1. The van der Waals surface area contributed by atoms with Crippen molar-refractivity contribution in [2.24, 2.45) is 0 Å². The lowest BCUT2D eigenvalue weighted by Gasteiger charge is -2.22. The Hall–Kier alpha value is -1.41. The van der Waals surface area contributed by atoms with Gasteiger partial charge < -0.3 is 9.84 Å². The summed E-state index contributed by atoms with van der Waals surface area (Å²) in [6.45, 7) is 1.80. The van der Waals surface area contributed by atoms with Gasteiger partial charge in [-0.3, -0.25) is 4.90 Å². The van der Waals surface area contributed by atoms with E-state index < -0.39 is 0 Å². The van der Waals surface area contributed by atoms with Crippen LogP contribution in [0.15, 0.2) is 24.3 Å². The first-order valence-electron chi connectivity index (χ1n) is 6.13. The summed E-state index contributed by atoms with van der Waals surface area (Å²) in [7, 11) is 1.71. The highest BCUT2D eigenvalue weighted by atomic mass is 16.5. The summed E-state index contributed by atoms with van der Waals surface area (Å²) in [4.78, 5) is 2.23. The molecule has 4 nitrogen and oxygen atoms in total. The molecule has 96 valence electrons. The van der Waals surface area contributed by atoms with Gasteiger partial charge in [-0.05, 0) is 24.1 Å². The number of methoxy groups -OCH3 is 1. The molecule has 1 aliphatic rings. The van der Waals surface area contributed by atoms with Crippen molar-refractivity contribution >= 4 is 0 Å². The maximum absolute atomic E-state index is 9.37. The summed E-state index contributed by atoms with van der Waals surface area (Å²) in [5.74, 6) is 0. The summed E-state index contributed by atoms with van der Waals surface area (Å²) >= 11 is 0. The van der Waals surface area contributed by atoms with Gasteiger partial charge >= 0.3 is 0 Å². The number of likely N-dealkylation sites (tertiary alicyclic amines) is 1. The molecule has 0 unspecified atom stereocenters. The molecule has 0 amide bonds. The Bertz CT molecular complexity index is 424. The Labute approximate surface area is 107 Å². The van der Waals surface area contributed by atoms with E-state index in [1.807, 2.05) is 24.3 Å². The highest BCUT2D eigenvalue weighted by molar-refractivity contribution is 5.31. The number of benzene rings is 1. The van der Waals surface area contributed by atoms with E-state index in [0.29, 0.717) is 5.56 Å². The lowest BCUT2D eigenvalue weighted by molar-refractivity contribution is 0.107. The average Bonchev–Trinajstić information content (AvgIpc) is 2.82. The van der Waals surface area contributed by atoms with E-state index in [2.05, 4.69) is 11.0 Å². The van der Waals surface area contributed by atoms with Gasteiger partial charge in [-0.2, -0.15) is 5.26 Å². The summed E-state index contributed by atoms with van der Waals surface area (Å²) in [6.07, 6.45) is 1.09. The van der Waals surface area contributed by atoms with Crippen LogP contribution >= 0.6 is 0 Å². The van der Waals surface area contributed by atoms with Crippen LogP contribution in [-0.4, -0.2) is 42.4 Å². The summed E-state index contributed by atoms with van der Waals surface area (Å²) in [5, 5.41) is 18.1. The minimum Gasteiger partial charge on any atom is -0.395 e. The van der Waals surface area contributed by atoms with Gasteiger partial charge in [0.05, 0.1) is 24.3 Å². The fraction of sp³-hybridized carbons (Fsp3) is 0.500. The Morgan fingerprint density at radius 1 is 1.44 bits per heavy atom. The highest BCUT2D eigenvalue weighted by Crippen LogP contribution is 2.22. The van der Waals surface area contributed by atoms with Crippen molar-refractivity contribution in [2.45, 2.75) is 25.1 Å². The van der Waals surface area contributed by atoms with Crippen molar-refractivity contribution in [1.82, 2.24) is 4.90 Å². The average molecular weight is 246 g/mol. The maximum atomic E-state index is 9.37. The summed E-state index contributed by atoms with van der Waals surface area (Å²) in [5.41, 5.74) is 1.83. The van der Waals surface area contributed by atoms with Crippen LogP contribution in [0.3, 0.4) is 0 Å². The van der Waals surface area contributed by atoms with Gasteiger partial charge in [-0.25, -0.2) is 0 Å². The van der Waals surface area contributed by atoms with Gasteiger partial charge in [0, 0.05) is 26.2 Å². The second kappa shape index (κ2) is 5.96. The second-order valence-electron chi connectivity index (χ2n) is 4.67. The summed E-state index contributed by atoms with van der Waals surface area (Å²) in [6, 6.07) is 9.87. The van der Waals surface area contributed by atoms with Gasteiger partial charge in [-0.15, -0.1) is 0 Å². The van der Waals surface area contributed by atoms with Crippen LogP contribution in [0.2, 0.25) is 0 Å². The molecule has 0 spiro atoms. The van der Waals surface area contributed by atoms with E-state index >= 15 is 0 Å². The molecule has 18 heavy (non-hydrogen) atoms. The number of hydrogen-bond acceptors (Lipinski definition) is 4. The van der Waals surface area contributed by atoms with E-state index in [1.165, 1.54) is 0 Å². The second-order valence-corrected chi connectivity index (χ2v) is 4.67. The molecule has 0 saturated carbocycles. The smallest absolute Gasteiger partial charge is 0.0991 e. The van der Waals surface area contributed by atoms with Crippen molar-refractivity contribution < 1.29 is 9.84 Å². The third kappa shape index (κ3) is 2.88. The molecule has 0 aliphatic carbocycles. The number of aliphatic hydroxyl groups is 1. The first kappa shape index (κ1) is 13.0. The van der Waals surface area contributed by atoms with Gasteiger partial charge in [-0.1, -0.05) is 12.1 Å². The van der Waals surface area contributed by atoms with Gasteiger partial charge in [0.2, 0.25) is 0 Å². The minimum atomic E-state index is 0.163. The molecule has 1 aliphatic heterocycles. The molecule has 0 bridgehead atoms. The Morgan fingerprint density at radius 3 is 2.72 bits per heavy atom. The topological polar surface area (TPSA) is 56.5 Å². The lowest BCUT2D eigenvalue weighted by Crippen LogP contribution is -2.31. The molecule has 1 heterocycles. The summed E-state index contributed by atoms with van der Waals surface area (Å²) < 4.78 is 5.35. The zero-order valence-electron chi connectivity index (χ0n) is 10.5. The molecule has 1 fully saturated rings. The monoisotopic (exact) mass is 246 g/mol. The van der Waals surface area contributed by atoms with Gasteiger partial charge in [0.1, 0.15) is 0 Å². The standard InChI is InChI=1S/C14H18N2O2/c1-18-14-6-13(10-17)16(9-14)8-12-4-2-11(7-15)3-5-12/h2-5,13-14,17H,6,8-10H2,1H3/t13-,14-/m0/s1. The van der Waals surface area contributed by atoms with Crippen LogP contribution in [0.4, 0.5) is 0 Å². The zero-order chi connectivity index (χ0) is 13.0. The molecular formula is C14H18N2O2. The van der Waals surface area contributed by atoms with Crippen LogP contribution < -0.4 is 0 Å². The SMILES string of the molecule is CO[C@H]1C[C@@H](CO)N(Cc2ccc(C#N)cc2)C1. The largest absolute Gasteiger partial charge is 0.395 e. The molecule has 1 aromatic carbocycles. The van der Waals surface area contributed by atoms with Crippen LogP contribution in [0.1, 0.15) is 17.5 Å². The van der Waals surface area contributed by atoms with Gasteiger partial charge in [0.15, 0.2) is 0 Å². The normalized spacial score (nSPS) is 24.1. The van der Waals surface area contributed by atoms with Crippen LogP contribution in [-0.2, 0) is 11.3 Å². The van der Waals surface area contributed by atoms with Crippen LogP contribution in [0, 0.1) is 11.3 Å². The molecule has 0 aromatic heterocycles. The van der Waals surface area contributed by atoms with E-state index in [0.717, 1.165) is 25.1 Å². The Morgan fingerprint density at radius 2 is 2.17 bits per heavy atom. The Kier molecular flexibility index (Phi) is 4.32. The van der Waals surface area contributed by atoms with Crippen molar-refractivity contribution in [3.8, 4) is 6.07 Å². The molecule has 1 N–H and O–H groups in total. The van der Waals surface area contributed by atoms with Crippen molar-refractivity contribution in [2.75, 3.05) is 20.3 Å². The third-order valence-electron chi connectivity index (χ3n) is 3.50. The van der Waals surface area contributed by atoms with E-state index in [9.17, 15) is 5.11 Å². The fourth-order valence-corrected chi connectivity index (χ4v) is 2.41. The predicted octanol–water partition coefficient (Wildman–Crippen LogP) is 1.14. The van der Waals surface area contributed by atoms with Crippen LogP contribution in [0.5, 0.6) is 0 Å². The molecule has 1 aromatic rings. The maximum Gasteiger partial charge on any atom is 0.0991 e. The zero-order valence-corrected chi connectivity index (χ0v) is 10.5. The predicted molar refractivity (Wildman–Crippen MR) is 67.9 cm³/mol. The molecule has 2 atom stereocenters. The number of rotatable bonds is 4. The van der Waals surface area contributed by atoms with Crippen molar-refractivity contribution in [3.05, 3.63) is 35.4 Å². The number of ether oxygens (including phenoxy) is 1. The van der Waals surface area contributed by atoms with E-state index in [4.69, 9.17) is 10.00 Å². The van der Waals surface area contributed by atoms with E-state index in [1.54, 1.807) is 7.11 Å². The molecule has 2 rings (SSSR count). The minimum absolute atomic E-state index is 0.163. The first-order valence-corrected chi connectivity index (χ1v) is 6.13. The lowest BCUT2D eigenvalue weighted by atomic mass is 10.1. The Balaban J connectivity index is 2.01. The van der Waals surface area contributed by atoms with E-state index in [-0.39, 0.29) is 18.8 Å². The van der Waals surface area contributed by atoms with Crippen molar-refractivity contribution in [3.63, 3.8) is 0 Å². The quantitative estimate of drug-likeness (QED) is 0.865. The van der Waals surface area contributed by atoms with Crippen LogP contribution in [0.25, 0.3) is 0 Å². The third-order valence-corrected chi connectivity index (χ3v) is 3.50. The number of aliphatic hydroxyl groups excluding tert-OH is 1. The van der Waals surface area contributed by atoms with Crippen molar-refractivity contribution in [1.29, 1.82) is 5.26 Å². The number of nitriles is 1. The molecule has 0 radical (unpaired) electrons. The molecule has 4 heteroatoms. The first-order chi connectivity index (χ1) is 8.76. The highest BCUT2D eigenvalue weighted by Gasteiger charge is 2.31.